The van der Waals surface area contributed by atoms with E-state index in [1.807, 2.05) is 49.4 Å². The van der Waals surface area contributed by atoms with Crippen LogP contribution in [0.25, 0.3) is 0 Å². The summed E-state index contributed by atoms with van der Waals surface area (Å²) in [4.78, 5) is 9.01. The second-order valence-electron chi connectivity index (χ2n) is 6.07. The number of hydrogen-bond donors (Lipinski definition) is 2. The van der Waals surface area contributed by atoms with Gasteiger partial charge in [0.25, 0.3) is 0 Å². The van der Waals surface area contributed by atoms with Crippen molar-refractivity contribution in [3.63, 3.8) is 0 Å². The van der Waals surface area contributed by atoms with E-state index in [0.29, 0.717) is 5.95 Å². The number of ether oxygens (including phenoxy) is 2. The highest BCUT2D eigenvalue weighted by atomic mass is 16.7. The Hall–Kier alpha value is -3.28. The molecule has 2 aromatic carbocycles. The molecule has 4 rings (SSSR count). The van der Waals surface area contributed by atoms with Crippen molar-refractivity contribution in [2.45, 2.75) is 13.3 Å². The van der Waals surface area contributed by atoms with E-state index in [4.69, 9.17) is 9.47 Å². The summed E-state index contributed by atoms with van der Waals surface area (Å²) in [5.41, 5.74) is 3.07. The van der Waals surface area contributed by atoms with E-state index >= 15 is 0 Å². The standard InChI is InChI=1S/C20H20N4O2/c1-14-11-19(23-16-7-8-17-18(12-16)26-13-25-17)24-20(22-14)21-10-9-15-5-3-2-4-6-15/h2-8,11-12H,9-10,13H2,1H3,(H2,21,22,23,24). The number of nitrogens with zero attached hydrogens (tertiary/aromatic N) is 2. The number of nitrogens with one attached hydrogen (secondary N) is 2. The van der Waals surface area contributed by atoms with Crippen LogP contribution >= 0.6 is 0 Å². The Kier molecular flexibility index (Phi) is 4.55. The molecule has 0 atom stereocenters. The molecule has 0 saturated carbocycles. The number of rotatable bonds is 6. The van der Waals surface area contributed by atoms with Gasteiger partial charge in [0, 0.05) is 30.1 Å². The average Bonchev–Trinajstić information content (AvgIpc) is 3.10. The first-order valence-electron chi connectivity index (χ1n) is 8.56. The fourth-order valence-electron chi connectivity index (χ4n) is 2.80. The number of fused-ring (bicyclic) bond motifs is 1. The zero-order valence-corrected chi connectivity index (χ0v) is 14.5. The monoisotopic (exact) mass is 348 g/mol. The molecule has 3 aromatic rings. The third kappa shape index (κ3) is 3.85. The minimum atomic E-state index is 0.265. The maximum absolute atomic E-state index is 5.41. The van der Waals surface area contributed by atoms with Gasteiger partial charge in [-0.25, -0.2) is 4.98 Å². The topological polar surface area (TPSA) is 68.3 Å². The Morgan fingerprint density at radius 1 is 0.962 bits per heavy atom. The number of hydrogen-bond acceptors (Lipinski definition) is 6. The lowest BCUT2D eigenvalue weighted by Gasteiger charge is -2.10. The van der Waals surface area contributed by atoms with Gasteiger partial charge >= 0.3 is 0 Å². The molecule has 2 heterocycles. The molecule has 0 spiro atoms. The Balaban J connectivity index is 1.42. The van der Waals surface area contributed by atoms with Crippen molar-refractivity contribution in [2.24, 2.45) is 0 Å². The van der Waals surface area contributed by atoms with E-state index < -0.39 is 0 Å². The van der Waals surface area contributed by atoms with Crippen LogP contribution in [0, 0.1) is 6.92 Å². The van der Waals surface area contributed by atoms with Crippen LogP contribution in [-0.4, -0.2) is 23.3 Å². The van der Waals surface area contributed by atoms with Crippen LogP contribution in [0.4, 0.5) is 17.5 Å². The van der Waals surface area contributed by atoms with Crippen molar-refractivity contribution in [3.8, 4) is 11.5 Å². The van der Waals surface area contributed by atoms with Crippen LogP contribution < -0.4 is 20.1 Å². The van der Waals surface area contributed by atoms with Crippen LogP contribution in [0.1, 0.15) is 11.3 Å². The van der Waals surface area contributed by atoms with Gasteiger partial charge in [-0.05, 0) is 31.0 Å². The third-order valence-electron chi connectivity index (χ3n) is 4.04. The maximum atomic E-state index is 5.41. The molecule has 1 aliphatic rings. The van der Waals surface area contributed by atoms with Crippen LogP contribution in [-0.2, 0) is 6.42 Å². The molecular weight excluding hydrogens is 328 g/mol. The summed E-state index contributed by atoms with van der Waals surface area (Å²) in [6.45, 7) is 2.99. The van der Waals surface area contributed by atoms with Crippen LogP contribution in [0.3, 0.4) is 0 Å². The molecule has 2 N–H and O–H groups in total. The number of benzene rings is 2. The summed E-state index contributed by atoms with van der Waals surface area (Å²) in [7, 11) is 0. The number of anilines is 3. The Morgan fingerprint density at radius 3 is 2.69 bits per heavy atom. The Labute approximate surface area is 152 Å². The van der Waals surface area contributed by atoms with Crippen LogP contribution in [0.2, 0.25) is 0 Å². The van der Waals surface area contributed by atoms with Crippen LogP contribution in [0.5, 0.6) is 11.5 Å². The van der Waals surface area contributed by atoms with Crippen molar-refractivity contribution in [3.05, 3.63) is 65.9 Å². The minimum Gasteiger partial charge on any atom is -0.454 e. The molecule has 1 aromatic heterocycles. The second-order valence-corrected chi connectivity index (χ2v) is 6.07. The fourth-order valence-corrected chi connectivity index (χ4v) is 2.80. The summed E-state index contributed by atoms with van der Waals surface area (Å²) in [5, 5.41) is 6.59. The molecule has 0 fully saturated rings. The van der Waals surface area contributed by atoms with Crippen LogP contribution in [0.15, 0.2) is 54.6 Å². The van der Waals surface area contributed by atoms with Crippen molar-refractivity contribution in [2.75, 3.05) is 24.0 Å². The highest BCUT2D eigenvalue weighted by molar-refractivity contribution is 5.62. The molecule has 0 unspecified atom stereocenters. The first-order chi connectivity index (χ1) is 12.8. The van der Waals surface area contributed by atoms with Gasteiger partial charge in [-0.1, -0.05) is 30.3 Å². The van der Waals surface area contributed by atoms with Gasteiger partial charge in [-0.3, -0.25) is 0 Å². The summed E-state index contributed by atoms with van der Waals surface area (Å²) in [5.74, 6) is 2.85. The second kappa shape index (κ2) is 7.31. The highest BCUT2D eigenvalue weighted by Crippen LogP contribution is 2.35. The molecule has 0 amide bonds. The molecule has 26 heavy (non-hydrogen) atoms. The lowest BCUT2D eigenvalue weighted by atomic mass is 10.1. The fraction of sp³-hybridized carbons (Fsp3) is 0.200. The summed E-state index contributed by atoms with van der Waals surface area (Å²) in [6, 6.07) is 18.0. The smallest absolute Gasteiger partial charge is 0.231 e. The number of aryl methyl sites for hydroxylation is 1. The van der Waals surface area contributed by atoms with Gasteiger partial charge in [-0.2, -0.15) is 4.98 Å². The summed E-state index contributed by atoms with van der Waals surface area (Å²) in [6.07, 6.45) is 0.920. The quantitative estimate of drug-likeness (QED) is 0.704. The van der Waals surface area contributed by atoms with Gasteiger partial charge in [0.2, 0.25) is 12.7 Å². The Bertz CT molecular complexity index is 900. The van der Waals surface area contributed by atoms with Crippen molar-refractivity contribution < 1.29 is 9.47 Å². The first kappa shape index (κ1) is 16.2. The minimum absolute atomic E-state index is 0.265. The van der Waals surface area contributed by atoms with E-state index in [9.17, 15) is 0 Å². The Morgan fingerprint density at radius 2 is 1.81 bits per heavy atom. The molecule has 6 nitrogen and oxygen atoms in total. The van der Waals surface area contributed by atoms with Crippen molar-refractivity contribution in [1.82, 2.24) is 9.97 Å². The highest BCUT2D eigenvalue weighted by Gasteiger charge is 2.13. The molecular formula is C20H20N4O2. The summed E-state index contributed by atoms with van der Waals surface area (Å²) < 4.78 is 10.7. The molecule has 0 aliphatic carbocycles. The van der Waals surface area contributed by atoms with E-state index in [1.54, 1.807) is 0 Å². The SMILES string of the molecule is Cc1cc(Nc2ccc3c(c2)OCO3)nc(NCCc2ccccc2)n1. The molecule has 6 heteroatoms. The molecule has 0 radical (unpaired) electrons. The third-order valence-corrected chi connectivity index (χ3v) is 4.04. The molecule has 0 saturated heterocycles. The zero-order chi connectivity index (χ0) is 17.8. The number of aromatic nitrogens is 2. The van der Waals surface area contributed by atoms with Gasteiger partial charge in [-0.15, -0.1) is 0 Å². The predicted molar refractivity (Wildman–Crippen MR) is 101 cm³/mol. The lowest BCUT2D eigenvalue weighted by Crippen LogP contribution is -2.09. The van der Waals surface area contributed by atoms with Crippen molar-refractivity contribution >= 4 is 17.5 Å². The van der Waals surface area contributed by atoms with E-state index in [-0.39, 0.29) is 6.79 Å². The molecule has 132 valence electrons. The van der Waals surface area contributed by atoms with Gasteiger partial charge in [0.15, 0.2) is 11.5 Å². The van der Waals surface area contributed by atoms with Crippen molar-refractivity contribution in [1.29, 1.82) is 0 Å². The van der Waals surface area contributed by atoms with E-state index in [0.717, 1.165) is 41.7 Å². The molecule has 1 aliphatic heterocycles. The van der Waals surface area contributed by atoms with E-state index in [1.165, 1.54) is 5.56 Å². The summed E-state index contributed by atoms with van der Waals surface area (Å²) >= 11 is 0. The van der Waals surface area contributed by atoms with E-state index in [2.05, 4.69) is 32.7 Å². The maximum Gasteiger partial charge on any atom is 0.231 e. The van der Waals surface area contributed by atoms with Gasteiger partial charge < -0.3 is 20.1 Å². The predicted octanol–water partition coefficient (Wildman–Crippen LogP) is 3.91. The average molecular weight is 348 g/mol. The zero-order valence-electron chi connectivity index (χ0n) is 14.5. The normalized spacial score (nSPS) is 12.0. The van der Waals surface area contributed by atoms with Gasteiger partial charge in [0.05, 0.1) is 0 Å². The van der Waals surface area contributed by atoms with Gasteiger partial charge in [0.1, 0.15) is 5.82 Å². The first-order valence-corrected chi connectivity index (χ1v) is 8.56. The largest absolute Gasteiger partial charge is 0.454 e. The molecule has 0 bridgehead atoms. The lowest BCUT2D eigenvalue weighted by molar-refractivity contribution is 0.174.